The number of hydrogen-bond acceptors (Lipinski definition) is 5. The molecule has 3 rings (SSSR count). The Balaban J connectivity index is 1.61. The van der Waals surface area contributed by atoms with Crippen LogP contribution in [0.5, 0.6) is 17.2 Å². The average molecular weight is 441 g/mol. The van der Waals surface area contributed by atoms with Crippen molar-refractivity contribution in [1.82, 2.24) is 4.72 Å². The molecule has 7 nitrogen and oxygen atoms in total. The van der Waals surface area contributed by atoms with Crippen LogP contribution < -0.4 is 19.5 Å². The van der Waals surface area contributed by atoms with Crippen molar-refractivity contribution in [2.45, 2.75) is 24.8 Å². The molecule has 0 saturated heterocycles. The van der Waals surface area contributed by atoms with Crippen LogP contribution in [0.15, 0.2) is 77.7 Å². The van der Waals surface area contributed by atoms with Crippen LogP contribution in [0.3, 0.4) is 0 Å². The number of aryl methyl sites for hydroxylation is 1. The number of carbonyl (C=O) groups is 1. The molecule has 0 aliphatic carbocycles. The highest BCUT2D eigenvalue weighted by atomic mass is 32.2. The topological polar surface area (TPSA) is 93.7 Å². The van der Waals surface area contributed by atoms with E-state index in [2.05, 4.69) is 10.0 Å². The van der Waals surface area contributed by atoms with E-state index in [1.54, 1.807) is 55.6 Å². The summed E-state index contributed by atoms with van der Waals surface area (Å²) in [7, 11) is -2.24. The van der Waals surface area contributed by atoms with Gasteiger partial charge in [0.2, 0.25) is 15.9 Å². The Bertz CT molecular complexity index is 1140. The van der Waals surface area contributed by atoms with E-state index in [0.29, 0.717) is 22.9 Å². The van der Waals surface area contributed by atoms with Gasteiger partial charge in [-0.2, -0.15) is 4.72 Å². The Morgan fingerprint density at radius 2 is 1.52 bits per heavy atom. The molecule has 162 valence electrons. The molecule has 2 N–H and O–H groups in total. The second kappa shape index (κ2) is 9.63. The normalized spacial score (nSPS) is 12.1. The zero-order valence-electron chi connectivity index (χ0n) is 17.5. The second-order valence-electron chi connectivity index (χ2n) is 6.92. The first-order valence-electron chi connectivity index (χ1n) is 9.59. The monoisotopic (exact) mass is 440 g/mol. The fraction of sp³-hybridized carbons (Fsp3) is 0.174. The summed E-state index contributed by atoms with van der Waals surface area (Å²) in [4.78, 5) is 12.6. The molecule has 0 radical (unpaired) electrons. The van der Waals surface area contributed by atoms with Gasteiger partial charge in [-0.25, -0.2) is 8.42 Å². The van der Waals surface area contributed by atoms with Gasteiger partial charge in [0, 0.05) is 5.69 Å². The number of nitrogens with one attached hydrogen (secondary N) is 2. The molecule has 0 aliphatic heterocycles. The van der Waals surface area contributed by atoms with E-state index in [1.807, 2.05) is 19.1 Å². The molecule has 0 aliphatic rings. The number of para-hydroxylation sites is 2. The molecule has 0 fully saturated rings. The van der Waals surface area contributed by atoms with Gasteiger partial charge in [0.1, 0.15) is 5.75 Å². The predicted octanol–water partition coefficient (Wildman–Crippen LogP) is 4.10. The third-order valence-corrected chi connectivity index (χ3v) is 6.03. The summed E-state index contributed by atoms with van der Waals surface area (Å²) in [6.07, 6.45) is 0. The standard InChI is InChI=1S/C23H24N2O5S/c1-16-8-14-20(15-9-16)31(27,28)25-17(2)23(26)24-18-10-12-19(13-11-18)30-22-7-5-4-6-21(22)29-3/h4-15,17,25H,1-3H3,(H,24,26). The average Bonchev–Trinajstić information content (AvgIpc) is 2.75. The van der Waals surface area contributed by atoms with Crippen LogP contribution in [0.2, 0.25) is 0 Å². The van der Waals surface area contributed by atoms with E-state index in [9.17, 15) is 13.2 Å². The largest absolute Gasteiger partial charge is 0.493 e. The van der Waals surface area contributed by atoms with E-state index in [1.165, 1.54) is 19.1 Å². The SMILES string of the molecule is COc1ccccc1Oc1ccc(NC(=O)C(C)NS(=O)(=O)c2ccc(C)cc2)cc1. The molecule has 0 spiro atoms. The first-order chi connectivity index (χ1) is 14.8. The van der Waals surface area contributed by atoms with Gasteiger partial charge in [-0.1, -0.05) is 29.8 Å². The van der Waals surface area contributed by atoms with Crippen molar-refractivity contribution < 1.29 is 22.7 Å². The summed E-state index contributed by atoms with van der Waals surface area (Å²) in [5.74, 6) is 1.26. The summed E-state index contributed by atoms with van der Waals surface area (Å²) in [6, 6.07) is 19.5. The van der Waals surface area contributed by atoms with Crippen LogP contribution in [-0.2, 0) is 14.8 Å². The highest BCUT2D eigenvalue weighted by molar-refractivity contribution is 7.89. The molecular weight excluding hydrogens is 416 g/mol. The lowest BCUT2D eigenvalue weighted by atomic mass is 10.2. The van der Waals surface area contributed by atoms with Gasteiger partial charge in [-0.15, -0.1) is 0 Å². The fourth-order valence-corrected chi connectivity index (χ4v) is 3.96. The first kappa shape index (κ1) is 22.3. The highest BCUT2D eigenvalue weighted by Gasteiger charge is 2.22. The van der Waals surface area contributed by atoms with Crippen molar-refractivity contribution in [3.05, 3.63) is 78.4 Å². The van der Waals surface area contributed by atoms with E-state index >= 15 is 0 Å². The maximum absolute atomic E-state index is 12.5. The number of amides is 1. The molecule has 0 heterocycles. The molecule has 0 bridgehead atoms. The Hall–Kier alpha value is -3.36. The minimum atomic E-state index is -3.80. The molecule has 3 aromatic rings. The minimum absolute atomic E-state index is 0.107. The Labute approximate surface area is 182 Å². The summed E-state index contributed by atoms with van der Waals surface area (Å²) >= 11 is 0. The predicted molar refractivity (Wildman–Crippen MR) is 119 cm³/mol. The van der Waals surface area contributed by atoms with Crippen LogP contribution >= 0.6 is 0 Å². The smallest absolute Gasteiger partial charge is 0.242 e. The number of anilines is 1. The first-order valence-corrected chi connectivity index (χ1v) is 11.1. The van der Waals surface area contributed by atoms with Crippen molar-refractivity contribution in [3.63, 3.8) is 0 Å². The van der Waals surface area contributed by atoms with Crippen molar-refractivity contribution in [2.75, 3.05) is 12.4 Å². The van der Waals surface area contributed by atoms with Gasteiger partial charge in [0.15, 0.2) is 11.5 Å². The molecule has 8 heteroatoms. The van der Waals surface area contributed by atoms with Gasteiger partial charge in [0.05, 0.1) is 18.0 Å². The maximum Gasteiger partial charge on any atom is 0.242 e. The number of rotatable bonds is 8. The highest BCUT2D eigenvalue weighted by Crippen LogP contribution is 2.31. The third kappa shape index (κ3) is 5.84. The number of hydrogen-bond donors (Lipinski definition) is 2. The van der Waals surface area contributed by atoms with Gasteiger partial charge in [-0.3, -0.25) is 4.79 Å². The molecule has 0 aromatic heterocycles. The van der Waals surface area contributed by atoms with Crippen molar-refractivity contribution >= 4 is 21.6 Å². The lowest BCUT2D eigenvalue weighted by Crippen LogP contribution is -2.41. The van der Waals surface area contributed by atoms with Gasteiger partial charge in [-0.05, 0) is 62.4 Å². The molecular formula is C23H24N2O5S. The van der Waals surface area contributed by atoms with E-state index in [-0.39, 0.29) is 4.90 Å². The Morgan fingerprint density at radius 1 is 0.903 bits per heavy atom. The quantitative estimate of drug-likeness (QED) is 0.550. The van der Waals surface area contributed by atoms with Crippen LogP contribution in [-0.4, -0.2) is 27.5 Å². The molecule has 1 amide bonds. The van der Waals surface area contributed by atoms with Gasteiger partial charge in [0.25, 0.3) is 0 Å². The van der Waals surface area contributed by atoms with Gasteiger partial charge >= 0.3 is 0 Å². The summed E-state index contributed by atoms with van der Waals surface area (Å²) < 4.78 is 38.4. The second-order valence-corrected chi connectivity index (χ2v) is 8.64. The molecule has 0 saturated carbocycles. The van der Waals surface area contributed by atoms with Crippen LogP contribution in [0.1, 0.15) is 12.5 Å². The maximum atomic E-state index is 12.5. The van der Waals surface area contributed by atoms with Crippen LogP contribution in [0, 0.1) is 6.92 Å². The van der Waals surface area contributed by atoms with E-state index < -0.39 is 22.0 Å². The van der Waals surface area contributed by atoms with E-state index in [0.717, 1.165) is 5.56 Å². The number of sulfonamides is 1. The number of ether oxygens (including phenoxy) is 2. The number of carbonyl (C=O) groups excluding carboxylic acids is 1. The summed E-state index contributed by atoms with van der Waals surface area (Å²) in [5, 5.41) is 2.69. The lowest BCUT2D eigenvalue weighted by Gasteiger charge is -2.15. The summed E-state index contributed by atoms with van der Waals surface area (Å²) in [5.41, 5.74) is 1.46. The minimum Gasteiger partial charge on any atom is -0.493 e. The fourth-order valence-electron chi connectivity index (χ4n) is 2.76. The number of methoxy groups -OCH3 is 1. The Kier molecular flexibility index (Phi) is 6.94. The van der Waals surface area contributed by atoms with Gasteiger partial charge < -0.3 is 14.8 Å². The summed E-state index contributed by atoms with van der Waals surface area (Å²) in [6.45, 7) is 3.35. The molecule has 31 heavy (non-hydrogen) atoms. The molecule has 1 atom stereocenters. The zero-order chi connectivity index (χ0) is 22.4. The van der Waals surface area contributed by atoms with Crippen molar-refractivity contribution in [3.8, 4) is 17.2 Å². The van der Waals surface area contributed by atoms with Crippen molar-refractivity contribution in [1.29, 1.82) is 0 Å². The third-order valence-electron chi connectivity index (χ3n) is 4.48. The lowest BCUT2D eigenvalue weighted by molar-refractivity contribution is -0.117. The van der Waals surface area contributed by atoms with E-state index in [4.69, 9.17) is 9.47 Å². The zero-order valence-corrected chi connectivity index (χ0v) is 18.3. The van der Waals surface area contributed by atoms with Crippen LogP contribution in [0.4, 0.5) is 5.69 Å². The Morgan fingerprint density at radius 3 is 2.13 bits per heavy atom. The number of benzene rings is 3. The van der Waals surface area contributed by atoms with Crippen molar-refractivity contribution in [2.24, 2.45) is 0 Å². The van der Waals surface area contributed by atoms with Crippen LogP contribution in [0.25, 0.3) is 0 Å². The molecule has 1 unspecified atom stereocenters. The molecule has 3 aromatic carbocycles.